The molecule has 0 saturated heterocycles. The molecule has 1 atom stereocenters. The maximum atomic E-state index is 12.8. The zero-order valence-corrected chi connectivity index (χ0v) is 11.5. The second-order valence-electron chi connectivity index (χ2n) is 3.74. The number of hydrogen-bond acceptors (Lipinski definition) is 3. The zero-order chi connectivity index (χ0) is 14.6. The van der Waals surface area contributed by atoms with Crippen LogP contribution in [0.4, 0.5) is 18.9 Å². The Morgan fingerprint density at radius 2 is 2.16 bits per heavy atom. The Bertz CT molecular complexity index is 466. The van der Waals surface area contributed by atoms with Gasteiger partial charge < -0.3 is 15.8 Å². The average molecular weight is 341 g/mol. The van der Waals surface area contributed by atoms with E-state index in [2.05, 4.69) is 26.0 Å². The summed E-state index contributed by atoms with van der Waals surface area (Å²) in [5, 5.41) is 2.14. The molecule has 0 heterocycles. The van der Waals surface area contributed by atoms with E-state index in [9.17, 15) is 18.0 Å². The smallest absolute Gasteiger partial charge is 0.383 e. The van der Waals surface area contributed by atoms with Gasteiger partial charge in [0.15, 0.2) is 0 Å². The Morgan fingerprint density at radius 1 is 1.53 bits per heavy atom. The van der Waals surface area contributed by atoms with Gasteiger partial charge in [-0.25, -0.2) is 0 Å². The molecule has 0 fully saturated rings. The van der Waals surface area contributed by atoms with Crippen molar-refractivity contribution in [3.8, 4) is 0 Å². The monoisotopic (exact) mass is 340 g/mol. The number of methoxy groups -OCH3 is 1. The fraction of sp³-hybridized carbons (Fsp3) is 0.364. The lowest BCUT2D eigenvalue weighted by Crippen LogP contribution is -2.39. The van der Waals surface area contributed by atoms with Gasteiger partial charge in [-0.15, -0.1) is 0 Å². The number of hydrogen-bond donors (Lipinski definition) is 2. The first-order valence-corrected chi connectivity index (χ1v) is 5.97. The summed E-state index contributed by atoms with van der Waals surface area (Å²) >= 11 is 2.95. The molecule has 1 aromatic carbocycles. The highest BCUT2D eigenvalue weighted by molar-refractivity contribution is 9.10. The summed E-state index contributed by atoms with van der Waals surface area (Å²) in [5.41, 5.74) is 4.15. The fourth-order valence-corrected chi connectivity index (χ4v) is 1.70. The summed E-state index contributed by atoms with van der Waals surface area (Å²) in [6, 6.07) is 2.41. The van der Waals surface area contributed by atoms with Crippen LogP contribution < -0.4 is 11.1 Å². The summed E-state index contributed by atoms with van der Waals surface area (Å²) in [4.78, 5) is 11.6. The van der Waals surface area contributed by atoms with Crippen LogP contribution in [0.3, 0.4) is 0 Å². The molecule has 1 aromatic rings. The molecule has 19 heavy (non-hydrogen) atoms. The molecular formula is C11H12BrF3N2O2. The number of rotatable bonds is 4. The van der Waals surface area contributed by atoms with E-state index in [0.29, 0.717) is 0 Å². The van der Waals surface area contributed by atoms with Crippen molar-refractivity contribution in [2.24, 2.45) is 5.73 Å². The quantitative estimate of drug-likeness (QED) is 0.884. The number of carbonyl (C=O) groups excluding carboxylic acids is 1. The van der Waals surface area contributed by atoms with Gasteiger partial charge in [0.2, 0.25) is 5.91 Å². The minimum Gasteiger partial charge on any atom is -0.383 e. The molecule has 3 N–H and O–H groups in total. The number of carbonyl (C=O) groups is 1. The largest absolute Gasteiger partial charge is 0.418 e. The Balaban J connectivity index is 2.98. The predicted octanol–water partition coefficient (Wildman–Crippen LogP) is 2.38. The van der Waals surface area contributed by atoms with E-state index in [-0.39, 0.29) is 16.8 Å². The maximum Gasteiger partial charge on any atom is 0.418 e. The highest BCUT2D eigenvalue weighted by atomic mass is 79.9. The van der Waals surface area contributed by atoms with Gasteiger partial charge in [0, 0.05) is 11.6 Å². The van der Waals surface area contributed by atoms with Crippen LogP contribution in [0, 0.1) is 0 Å². The normalized spacial score (nSPS) is 13.2. The third kappa shape index (κ3) is 4.48. The number of amides is 1. The summed E-state index contributed by atoms with van der Waals surface area (Å²) < 4.78 is 43.3. The number of nitrogens with one attached hydrogen (secondary N) is 1. The van der Waals surface area contributed by atoms with Gasteiger partial charge in [-0.3, -0.25) is 4.79 Å². The number of nitrogens with two attached hydrogens (primary N) is 1. The van der Waals surface area contributed by atoms with Crippen molar-refractivity contribution in [2.75, 3.05) is 19.0 Å². The van der Waals surface area contributed by atoms with E-state index in [1.165, 1.54) is 13.2 Å². The van der Waals surface area contributed by atoms with E-state index in [4.69, 9.17) is 5.73 Å². The molecule has 0 aromatic heterocycles. The summed E-state index contributed by atoms with van der Waals surface area (Å²) in [6.07, 6.45) is -4.57. The van der Waals surface area contributed by atoms with Crippen LogP contribution in [-0.4, -0.2) is 25.7 Å². The van der Waals surface area contributed by atoms with Crippen LogP contribution in [0.5, 0.6) is 0 Å². The average Bonchev–Trinajstić information content (AvgIpc) is 2.30. The van der Waals surface area contributed by atoms with Gasteiger partial charge in [0.1, 0.15) is 6.04 Å². The lowest BCUT2D eigenvalue weighted by Gasteiger charge is -2.16. The Kier molecular flexibility index (Phi) is 5.33. The second kappa shape index (κ2) is 6.36. The molecule has 8 heteroatoms. The molecule has 0 spiro atoms. The summed E-state index contributed by atoms with van der Waals surface area (Å²) in [5.74, 6) is -0.741. The molecule has 1 rings (SSSR count). The molecule has 0 aliphatic rings. The van der Waals surface area contributed by atoms with Crippen LogP contribution in [0.25, 0.3) is 0 Å². The number of halogens is 4. The molecule has 1 amide bonds. The molecule has 0 bridgehead atoms. The number of anilines is 1. The molecule has 0 saturated carbocycles. The molecule has 0 radical (unpaired) electrons. The van der Waals surface area contributed by atoms with E-state index in [1.54, 1.807) is 0 Å². The summed E-state index contributed by atoms with van der Waals surface area (Å²) in [7, 11) is 1.34. The number of ether oxygens (including phenoxy) is 1. The third-order valence-electron chi connectivity index (χ3n) is 2.23. The van der Waals surface area contributed by atoms with Gasteiger partial charge in [0.05, 0.1) is 17.9 Å². The van der Waals surface area contributed by atoms with Crippen molar-refractivity contribution >= 4 is 27.5 Å². The van der Waals surface area contributed by atoms with Crippen LogP contribution in [-0.2, 0) is 15.7 Å². The van der Waals surface area contributed by atoms with Crippen molar-refractivity contribution in [2.45, 2.75) is 12.2 Å². The van der Waals surface area contributed by atoms with Gasteiger partial charge in [-0.1, -0.05) is 15.9 Å². The first kappa shape index (κ1) is 15.9. The minimum absolute atomic E-state index is 0.0797. The Labute approximate surface area is 116 Å². The first-order chi connectivity index (χ1) is 8.75. The minimum atomic E-state index is -4.57. The number of benzene rings is 1. The lowest BCUT2D eigenvalue weighted by atomic mass is 10.1. The van der Waals surface area contributed by atoms with Crippen molar-refractivity contribution in [3.05, 3.63) is 28.2 Å². The van der Waals surface area contributed by atoms with Crippen molar-refractivity contribution in [1.82, 2.24) is 0 Å². The second-order valence-corrected chi connectivity index (χ2v) is 4.65. The van der Waals surface area contributed by atoms with Gasteiger partial charge in [-0.2, -0.15) is 13.2 Å². The summed E-state index contributed by atoms with van der Waals surface area (Å²) in [6.45, 7) is -0.0797. The SMILES string of the molecule is COCC(N)C(=O)Nc1ccc(Br)cc1C(F)(F)F. The number of alkyl halides is 3. The van der Waals surface area contributed by atoms with Gasteiger partial charge >= 0.3 is 6.18 Å². The van der Waals surface area contributed by atoms with Crippen LogP contribution in [0.2, 0.25) is 0 Å². The Morgan fingerprint density at radius 3 is 2.68 bits per heavy atom. The van der Waals surface area contributed by atoms with Gasteiger partial charge in [-0.05, 0) is 18.2 Å². The molecule has 1 unspecified atom stereocenters. The molecule has 0 aliphatic carbocycles. The zero-order valence-electron chi connectivity index (χ0n) is 9.92. The van der Waals surface area contributed by atoms with Crippen LogP contribution in [0.15, 0.2) is 22.7 Å². The maximum absolute atomic E-state index is 12.8. The first-order valence-electron chi connectivity index (χ1n) is 5.18. The van der Waals surface area contributed by atoms with Crippen LogP contribution in [0.1, 0.15) is 5.56 Å². The van der Waals surface area contributed by atoms with E-state index < -0.39 is 23.7 Å². The molecular weight excluding hydrogens is 329 g/mol. The lowest BCUT2D eigenvalue weighted by molar-refractivity contribution is -0.137. The standard InChI is InChI=1S/C11H12BrF3N2O2/c1-19-5-8(16)10(18)17-9-3-2-6(12)4-7(9)11(13,14)15/h2-4,8H,5,16H2,1H3,(H,17,18). The Hall–Kier alpha value is -1.12. The predicted molar refractivity (Wildman–Crippen MR) is 67.6 cm³/mol. The fourth-order valence-electron chi connectivity index (χ4n) is 1.34. The highest BCUT2D eigenvalue weighted by Crippen LogP contribution is 2.36. The molecule has 106 valence electrons. The highest BCUT2D eigenvalue weighted by Gasteiger charge is 2.34. The van der Waals surface area contributed by atoms with Gasteiger partial charge in [0.25, 0.3) is 0 Å². The van der Waals surface area contributed by atoms with Crippen molar-refractivity contribution in [3.63, 3.8) is 0 Å². The van der Waals surface area contributed by atoms with Crippen molar-refractivity contribution < 1.29 is 22.7 Å². The molecule has 0 aliphatic heterocycles. The van der Waals surface area contributed by atoms with Crippen molar-refractivity contribution in [1.29, 1.82) is 0 Å². The van der Waals surface area contributed by atoms with E-state index in [1.807, 2.05) is 0 Å². The molecule has 4 nitrogen and oxygen atoms in total. The van der Waals surface area contributed by atoms with Crippen LogP contribution >= 0.6 is 15.9 Å². The topological polar surface area (TPSA) is 64.3 Å². The third-order valence-corrected chi connectivity index (χ3v) is 2.72. The van der Waals surface area contributed by atoms with E-state index in [0.717, 1.165) is 12.1 Å². The van der Waals surface area contributed by atoms with E-state index >= 15 is 0 Å².